The number of anilines is 1. The zero-order chi connectivity index (χ0) is 20.9. The lowest BCUT2D eigenvalue weighted by Crippen LogP contribution is -2.29. The number of aryl methyl sites for hydroxylation is 1. The quantitative estimate of drug-likeness (QED) is 0.231. The maximum absolute atomic E-state index is 12.5. The third-order valence-corrected chi connectivity index (χ3v) is 7.06. The van der Waals surface area contributed by atoms with E-state index in [0.717, 1.165) is 37.2 Å². The molecule has 29 heavy (non-hydrogen) atoms. The predicted octanol–water partition coefficient (Wildman–Crippen LogP) is 6.62. The molecule has 1 aromatic heterocycles. The summed E-state index contributed by atoms with van der Waals surface area (Å²) in [5.41, 5.74) is 1.88. The minimum atomic E-state index is -0.253. The first-order chi connectivity index (χ1) is 14.2. The highest BCUT2D eigenvalue weighted by atomic mass is 32.1. The first kappa shape index (κ1) is 24.1. The normalized spacial score (nSPS) is 13.9. The van der Waals surface area contributed by atoms with Crippen LogP contribution in [0.5, 0.6) is 0 Å². The second kappa shape index (κ2) is 14.0. The van der Waals surface area contributed by atoms with Gasteiger partial charge < -0.3 is 15.4 Å². The van der Waals surface area contributed by atoms with Crippen LogP contribution in [0.15, 0.2) is 0 Å². The summed E-state index contributed by atoms with van der Waals surface area (Å²) in [4.78, 5) is 13.8. The van der Waals surface area contributed by atoms with Gasteiger partial charge in [0, 0.05) is 11.4 Å². The van der Waals surface area contributed by atoms with Gasteiger partial charge in [0.25, 0.3) is 0 Å². The largest absolute Gasteiger partial charge is 0.465 e. The Morgan fingerprint density at radius 2 is 1.66 bits per heavy atom. The van der Waals surface area contributed by atoms with E-state index in [-0.39, 0.29) is 5.97 Å². The number of nitrogens with one attached hydrogen (secondary N) is 2. The summed E-state index contributed by atoms with van der Waals surface area (Å²) >= 11 is 7.17. The van der Waals surface area contributed by atoms with Crippen LogP contribution in [0.1, 0.15) is 105 Å². The van der Waals surface area contributed by atoms with E-state index >= 15 is 0 Å². The fraction of sp³-hybridized carbons (Fsp3) is 0.739. The standard InChI is InChI=1S/C23H38N2O2S2/c1-3-4-5-6-7-8-11-14-17-24-23(28)25-21-20(22(26)27-2)18-15-12-9-10-13-16-19(18)29-21/h3-17H2,1-2H3,(H2,24,25,28). The van der Waals surface area contributed by atoms with Crippen LogP contribution in [0.4, 0.5) is 5.00 Å². The molecule has 1 aromatic rings. The number of thiophene rings is 1. The van der Waals surface area contributed by atoms with Crippen LogP contribution in [0, 0.1) is 0 Å². The first-order valence-electron chi connectivity index (χ1n) is 11.4. The molecule has 6 heteroatoms. The van der Waals surface area contributed by atoms with E-state index in [0.29, 0.717) is 10.7 Å². The number of carbonyl (C=O) groups is 1. The number of unbranched alkanes of at least 4 members (excludes halogenated alkanes) is 7. The van der Waals surface area contributed by atoms with Crippen molar-refractivity contribution in [3.8, 4) is 0 Å². The molecule has 0 spiro atoms. The van der Waals surface area contributed by atoms with Crippen molar-refractivity contribution in [3.05, 3.63) is 16.0 Å². The molecule has 0 aliphatic heterocycles. The van der Waals surface area contributed by atoms with Crippen LogP contribution in [0.2, 0.25) is 0 Å². The number of fused-ring (bicyclic) bond motifs is 1. The van der Waals surface area contributed by atoms with Gasteiger partial charge in [-0.1, -0.05) is 64.7 Å². The van der Waals surface area contributed by atoms with Crippen molar-refractivity contribution in [1.29, 1.82) is 0 Å². The molecule has 164 valence electrons. The molecule has 2 N–H and O–H groups in total. The van der Waals surface area contributed by atoms with Crippen molar-refractivity contribution in [2.45, 2.75) is 96.8 Å². The van der Waals surface area contributed by atoms with Gasteiger partial charge in [-0.15, -0.1) is 11.3 Å². The van der Waals surface area contributed by atoms with Gasteiger partial charge in [-0.25, -0.2) is 4.79 Å². The van der Waals surface area contributed by atoms with E-state index in [2.05, 4.69) is 17.6 Å². The van der Waals surface area contributed by atoms with Crippen LogP contribution in [-0.4, -0.2) is 24.7 Å². The molecule has 0 amide bonds. The zero-order valence-corrected chi connectivity index (χ0v) is 19.9. The fourth-order valence-electron chi connectivity index (χ4n) is 3.93. The first-order valence-corrected chi connectivity index (χ1v) is 12.7. The lowest BCUT2D eigenvalue weighted by atomic mass is 9.96. The highest BCUT2D eigenvalue weighted by molar-refractivity contribution is 7.80. The van der Waals surface area contributed by atoms with Gasteiger partial charge >= 0.3 is 5.97 Å². The van der Waals surface area contributed by atoms with Gasteiger partial charge in [0.2, 0.25) is 0 Å². The summed E-state index contributed by atoms with van der Waals surface area (Å²) in [5.74, 6) is -0.253. The molecule has 0 saturated heterocycles. The van der Waals surface area contributed by atoms with Crippen LogP contribution in [0.3, 0.4) is 0 Å². The number of esters is 1. The molecule has 0 atom stereocenters. The molecule has 1 heterocycles. The van der Waals surface area contributed by atoms with Gasteiger partial charge in [-0.2, -0.15) is 0 Å². The minimum Gasteiger partial charge on any atom is -0.465 e. The molecule has 0 bridgehead atoms. The second-order valence-corrected chi connectivity index (χ2v) is 9.48. The van der Waals surface area contributed by atoms with Gasteiger partial charge in [-0.05, 0) is 49.9 Å². The van der Waals surface area contributed by atoms with Gasteiger partial charge in [0.05, 0.1) is 12.7 Å². The molecule has 1 aliphatic rings. The van der Waals surface area contributed by atoms with Gasteiger partial charge in [-0.3, -0.25) is 0 Å². The third kappa shape index (κ3) is 8.25. The highest BCUT2D eigenvalue weighted by Gasteiger charge is 2.25. The van der Waals surface area contributed by atoms with Crippen molar-refractivity contribution in [3.63, 3.8) is 0 Å². The van der Waals surface area contributed by atoms with Crippen LogP contribution in [-0.2, 0) is 17.6 Å². The minimum absolute atomic E-state index is 0.253. The number of hydrogen-bond acceptors (Lipinski definition) is 4. The molecule has 0 saturated carbocycles. The van der Waals surface area contributed by atoms with Crippen molar-refractivity contribution in [1.82, 2.24) is 5.32 Å². The maximum atomic E-state index is 12.5. The third-order valence-electron chi connectivity index (χ3n) is 5.60. The smallest absolute Gasteiger partial charge is 0.341 e. The summed E-state index contributed by atoms with van der Waals surface area (Å²) < 4.78 is 5.08. The van der Waals surface area contributed by atoms with Crippen LogP contribution < -0.4 is 10.6 Å². The lowest BCUT2D eigenvalue weighted by molar-refractivity contribution is 0.0601. The molecular formula is C23H38N2O2S2. The summed E-state index contributed by atoms with van der Waals surface area (Å²) in [7, 11) is 1.46. The van der Waals surface area contributed by atoms with Crippen molar-refractivity contribution in [2.24, 2.45) is 0 Å². The Balaban J connectivity index is 1.81. The van der Waals surface area contributed by atoms with Crippen molar-refractivity contribution < 1.29 is 9.53 Å². The highest BCUT2D eigenvalue weighted by Crippen LogP contribution is 2.37. The number of rotatable bonds is 11. The average molecular weight is 439 g/mol. The van der Waals surface area contributed by atoms with Gasteiger partial charge in [0.15, 0.2) is 5.11 Å². The Bertz CT molecular complexity index is 643. The summed E-state index contributed by atoms with van der Waals surface area (Å²) in [6, 6.07) is 0. The van der Waals surface area contributed by atoms with Crippen LogP contribution in [0.25, 0.3) is 0 Å². The Morgan fingerprint density at radius 1 is 1.00 bits per heavy atom. The molecular weight excluding hydrogens is 400 g/mol. The fourth-order valence-corrected chi connectivity index (χ4v) is 5.48. The Kier molecular flexibility index (Phi) is 11.6. The van der Waals surface area contributed by atoms with E-state index in [1.807, 2.05) is 0 Å². The Hall–Kier alpha value is -1.14. The van der Waals surface area contributed by atoms with Crippen LogP contribution >= 0.6 is 23.6 Å². The molecule has 1 aliphatic carbocycles. The molecule has 4 nitrogen and oxygen atoms in total. The lowest BCUT2D eigenvalue weighted by Gasteiger charge is -2.12. The number of hydrogen-bond donors (Lipinski definition) is 2. The Labute approximate surface area is 186 Å². The number of thiocarbonyl (C=S) groups is 1. The summed E-state index contributed by atoms with van der Waals surface area (Å²) in [6.07, 6.45) is 17.2. The Morgan fingerprint density at radius 3 is 2.34 bits per heavy atom. The summed E-state index contributed by atoms with van der Waals surface area (Å²) in [5, 5.41) is 8.04. The zero-order valence-electron chi connectivity index (χ0n) is 18.2. The van der Waals surface area contributed by atoms with Crippen molar-refractivity contribution in [2.75, 3.05) is 19.0 Å². The molecule has 2 rings (SSSR count). The monoisotopic (exact) mass is 438 g/mol. The number of carbonyl (C=O) groups excluding carboxylic acids is 1. The molecule has 0 fully saturated rings. The average Bonchev–Trinajstić information content (AvgIpc) is 3.02. The van der Waals surface area contributed by atoms with E-state index < -0.39 is 0 Å². The van der Waals surface area contributed by atoms with E-state index in [4.69, 9.17) is 17.0 Å². The SMILES string of the molecule is CCCCCCCCCCNC(=S)Nc1sc2c(c1C(=O)OC)CCCCCC2. The predicted molar refractivity (Wildman–Crippen MR) is 128 cm³/mol. The molecule has 0 unspecified atom stereocenters. The molecule has 0 aromatic carbocycles. The van der Waals surface area contributed by atoms with E-state index in [9.17, 15) is 4.79 Å². The number of ether oxygens (including phenoxy) is 1. The van der Waals surface area contributed by atoms with Crippen molar-refractivity contribution >= 4 is 39.6 Å². The van der Waals surface area contributed by atoms with E-state index in [1.165, 1.54) is 81.8 Å². The van der Waals surface area contributed by atoms with E-state index in [1.54, 1.807) is 11.3 Å². The van der Waals surface area contributed by atoms with Gasteiger partial charge in [0.1, 0.15) is 5.00 Å². The topological polar surface area (TPSA) is 50.4 Å². The summed E-state index contributed by atoms with van der Waals surface area (Å²) in [6.45, 7) is 3.13. The second-order valence-electron chi connectivity index (χ2n) is 7.97. The molecule has 0 radical (unpaired) electrons. The maximum Gasteiger partial charge on any atom is 0.341 e. The number of methoxy groups -OCH3 is 1.